The van der Waals surface area contributed by atoms with E-state index < -0.39 is 11.2 Å². The fourth-order valence-electron chi connectivity index (χ4n) is 5.41. The van der Waals surface area contributed by atoms with Crippen molar-refractivity contribution < 1.29 is 19.1 Å². The van der Waals surface area contributed by atoms with E-state index in [9.17, 15) is 14.7 Å². The predicted octanol–water partition coefficient (Wildman–Crippen LogP) is 2.70. The number of carbonyl (C=O) groups is 1. The average molecular weight is 485 g/mol. The molecule has 10 heteroatoms. The van der Waals surface area contributed by atoms with E-state index >= 15 is 0 Å². The van der Waals surface area contributed by atoms with Crippen LogP contribution in [0.3, 0.4) is 0 Å². The standard InChI is InChI=1S/C24H25ClN4O5/c25-14-1-2-19-18(9-14)24(22(31)27-19)3-5-28(6-4-24)7-8-33-17-12-20-21(26-13-17)29(23(32)34-20)15-10-16(30)11-15/h1-2,9,12-13,15-16,30H,3-8,10-11H2,(H,27,31). The summed E-state index contributed by atoms with van der Waals surface area (Å²) in [6.07, 6.45) is 3.75. The van der Waals surface area contributed by atoms with E-state index in [-0.39, 0.29) is 18.1 Å². The first-order valence-electron chi connectivity index (χ1n) is 11.6. The van der Waals surface area contributed by atoms with E-state index in [1.165, 1.54) is 4.57 Å². The summed E-state index contributed by atoms with van der Waals surface area (Å²) in [6.45, 7) is 2.73. The molecule has 4 heterocycles. The number of rotatable bonds is 5. The first-order chi connectivity index (χ1) is 16.4. The highest BCUT2D eigenvalue weighted by Gasteiger charge is 2.48. The normalized spacial score (nSPS) is 23.6. The average Bonchev–Trinajstić information content (AvgIpc) is 3.26. The number of aromatic nitrogens is 2. The molecule has 2 fully saturated rings. The molecule has 1 spiro atoms. The number of oxazole rings is 1. The third-order valence-electron chi connectivity index (χ3n) is 7.45. The molecular formula is C24H25ClN4O5. The molecule has 3 aromatic rings. The number of fused-ring (bicyclic) bond motifs is 3. The Labute approximate surface area is 200 Å². The zero-order valence-electron chi connectivity index (χ0n) is 18.5. The number of pyridine rings is 1. The summed E-state index contributed by atoms with van der Waals surface area (Å²) < 4.78 is 12.7. The number of nitrogens with zero attached hydrogens (tertiary/aromatic N) is 3. The minimum absolute atomic E-state index is 0.0601. The Morgan fingerprint density at radius 1 is 1.24 bits per heavy atom. The number of hydrogen-bond donors (Lipinski definition) is 2. The van der Waals surface area contributed by atoms with Gasteiger partial charge in [-0.3, -0.25) is 14.3 Å². The van der Waals surface area contributed by atoms with Gasteiger partial charge in [0.2, 0.25) is 5.91 Å². The maximum absolute atomic E-state index is 12.8. The summed E-state index contributed by atoms with van der Waals surface area (Å²) in [5, 5.41) is 13.2. The number of aliphatic hydroxyl groups excluding tert-OH is 1. The van der Waals surface area contributed by atoms with Crippen molar-refractivity contribution in [3.8, 4) is 5.75 Å². The number of nitrogens with one attached hydrogen (secondary N) is 1. The number of aliphatic hydroxyl groups is 1. The van der Waals surface area contributed by atoms with Crippen molar-refractivity contribution in [1.82, 2.24) is 14.5 Å². The SMILES string of the molecule is O=C1Nc2ccc(Cl)cc2C12CCN(CCOc1cnc3c(c1)oc(=O)n3C1CC(O)C1)CC2. The van der Waals surface area contributed by atoms with Crippen LogP contribution in [0.1, 0.15) is 37.3 Å². The monoisotopic (exact) mass is 484 g/mol. The molecule has 9 nitrogen and oxygen atoms in total. The molecule has 0 bridgehead atoms. The molecule has 34 heavy (non-hydrogen) atoms. The molecule has 2 aliphatic heterocycles. The van der Waals surface area contributed by atoms with E-state index in [2.05, 4.69) is 15.2 Å². The van der Waals surface area contributed by atoms with Crippen LogP contribution in [0.15, 0.2) is 39.7 Å². The predicted molar refractivity (Wildman–Crippen MR) is 125 cm³/mol. The van der Waals surface area contributed by atoms with Crippen LogP contribution in [0.4, 0.5) is 5.69 Å². The minimum atomic E-state index is -0.506. The first-order valence-corrected chi connectivity index (χ1v) is 12.0. The van der Waals surface area contributed by atoms with Crippen molar-refractivity contribution in [3.05, 3.63) is 51.6 Å². The second kappa shape index (κ2) is 8.11. The Balaban J connectivity index is 1.07. The van der Waals surface area contributed by atoms with Gasteiger partial charge in [-0.1, -0.05) is 11.6 Å². The van der Waals surface area contributed by atoms with Crippen LogP contribution in [-0.2, 0) is 10.2 Å². The van der Waals surface area contributed by atoms with Crippen molar-refractivity contribution in [2.75, 3.05) is 31.6 Å². The molecule has 1 saturated heterocycles. The lowest BCUT2D eigenvalue weighted by molar-refractivity contribution is -0.122. The molecule has 1 aromatic carbocycles. The lowest BCUT2D eigenvalue weighted by Gasteiger charge is -2.37. The molecular weight excluding hydrogens is 460 g/mol. The quantitative estimate of drug-likeness (QED) is 0.573. The number of carbonyl (C=O) groups excluding carboxylic acids is 1. The van der Waals surface area contributed by atoms with Crippen molar-refractivity contribution in [3.63, 3.8) is 0 Å². The second-order valence-electron chi connectivity index (χ2n) is 9.43. The van der Waals surface area contributed by atoms with Crippen molar-refractivity contribution in [1.29, 1.82) is 0 Å². The van der Waals surface area contributed by atoms with Crippen LogP contribution in [0.5, 0.6) is 5.75 Å². The summed E-state index contributed by atoms with van der Waals surface area (Å²) >= 11 is 6.20. The zero-order valence-corrected chi connectivity index (χ0v) is 19.3. The number of ether oxygens (including phenoxy) is 1. The van der Waals surface area contributed by atoms with Gasteiger partial charge in [0.25, 0.3) is 0 Å². The molecule has 1 saturated carbocycles. The van der Waals surface area contributed by atoms with E-state index in [0.717, 1.165) is 37.2 Å². The van der Waals surface area contributed by atoms with Crippen LogP contribution in [0.25, 0.3) is 11.2 Å². The molecule has 0 unspecified atom stereocenters. The number of benzene rings is 1. The van der Waals surface area contributed by atoms with Crippen molar-refractivity contribution in [2.45, 2.75) is 43.2 Å². The van der Waals surface area contributed by atoms with Gasteiger partial charge in [0.1, 0.15) is 12.4 Å². The van der Waals surface area contributed by atoms with Crippen LogP contribution in [-0.4, -0.2) is 57.8 Å². The summed E-state index contributed by atoms with van der Waals surface area (Å²) in [5.74, 6) is 0.136. The van der Waals surface area contributed by atoms with Crippen LogP contribution >= 0.6 is 11.6 Å². The van der Waals surface area contributed by atoms with Gasteiger partial charge in [0, 0.05) is 29.4 Å². The number of amides is 1. The number of hydrogen-bond acceptors (Lipinski definition) is 7. The largest absolute Gasteiger partial charge is 0.490 e. The summed E-state index contributed by atoms with van der Waals surface area (Å²) in [7, 11) is 0. The van der Waals surface area contributed by atoms with E-state index in [1.54, 1.807) is 18.3 Å². The molecule has 0 radical (unpaired) electrons. The zero-order chi connectivity index (χ0) is 23.4. The van der Waals surface area contributed by atoms with Gasteiger partial charge in [-0.2, -0.15) is 0 Å². The summed E-state index contributed by atoms with van der Waals surface area (Å²) in [4.78, 5) is 31.7. The topological polar surface area (TPSA) is 110 Å². The number of halogens is 1. The van der Waals surface area contributed by atoms with Gasteiger partial charge >= 0.3 is 5.76 Å². The van der Waals surface area contributed by atoms with E-state index in [0.29, 0.717) is 48.0 Å². The minimum Gasteiger partial charge on any atom is -0.490 e. The van der Waals surface area contributed by atoms with Gasteiger partial charge in [-0.05, 0) is 62.5 Å². The Hall–Kier alpha value is -2.88. The van der Waals surface area contributed by atoms with Gasteiger partial charge in [-0.25, -0.2) is 9.78 Å². The molecule has 1 amide bonds. The van der Waals surface area contributed by atoms with Crippen molar-refractivity contribution >= 4 is 34.4 Å². The lowest BCUT2D eigenvalue weighted by atomic mass is 9.73. The molecule has 2 aromatic heterocycles. The third kappa shape index (κ3) is 3.50. The molecule has 3 aliphatic rings. The molecule has 2 N–H and O–H groups in total. The van der Waals surface area contributed by atoms with E-state index in [1.807, 2.05) is 12.1 Å². The summed E-state index contributed by atoms with van der Waals surface area (Å²) in [5.41, 5.74) is 2.22. The van der Waals surface area contributed by atoms with Crippen LogP contribution < -0.4 is 15.8 Å². The Bertz CT molecular complexity index is 1320. The Morgan fingerprint density at radius 2 is 2.03 bits per heavy atom. The highest BCUT2D eigenvalue weighted by molar-refractivity contribution is 6.31. The van der Waals surface area contributed by atoms with Gasteiger partial charge in [0.05, 0.1) is 17.7 Å². The number of likely N-dealkylation sites (tertiary alicyclic amines) is 1. The third-order valence-corrected chi connectivity index (χ3v) is 7.68. The summed E-state index contributed by atoms with van der Waals surface area (Å²) in [6, 6.07) is 7.20. The molecule has 6 rings (SSSR count). The maximum Gasteiger partial charge on any atom is 0.421 e. The highest BCUT2D eigenvalue weighted by Crippen LogP contribution is 2.45. The van der Waals surface area contributed by atoms with Crippen molar-refractivity contribution in [2.24, 2.45) is 0 Å². The Morgan fingerprint density at radius 3 is 2.79 bits per heavy atom. The van der Waals surface area contributed by atoms with Gasteiger partial charge < -0.3 is 19.6 Å². The van der Waals surface area contributed by atoms with Crippen LogP contribution in [0, 0.1) is 0 Å². The maximum atomic E-state index is 12.8. The molecule has 0 atom stereocenters. The smallest absolute Gasteiger partial charge is 0.421 e. The highest BCUT2D eigenvalue weighted by atomic mass is 35.5. The van der Waals surface area contributed by atoms with Gasteiger partial charge in [0.15, 0.2) is 11.2 Å². The van der Waals surface area contributed by atoms with Crippen LogP contribution in [0.2, 0.25) is 5.02 Å². The fourth-order valence-corrected chi connectivity index (χ4v) is 5.58. The first kappa shape index (κ1) is 21.6. The number of piperidine rings is 1. The van der Waals surface area contributed by atoms with E-state index in [4.69, 9.17) is 20.8 Å². The van der Waals surface area contributed by atoms with Gasteiger partial charge in [-0.15, -0.1) is 0 Å². The fraction of sp³-hybridized carbons (Fsp3) is 0.458. The Kier molecular flexibility index (Phi) is 5.16. The second-order valence-corrected chi connectivity index (χ2v) is 9.86. The molecule has 1 aliphatic carbocycles. The lowest BCUT2D eigenvalue weighted by Crippen LogP contribution is -2.47. The number of anilines is 1. The molecule has 178 valence electrons.